The van der Waals surface area contributed by atoms with Crippen LogP contribution in [0.1, 0.15) is 29.0 Å². The van der Waals surface area contributed by atoms with Crippen molar-refractivity contribution in [1.82, 2.24) is 14.8 Å². The minimum absolute atomic E-state index is 0.0374. The Hall–Kier alpha value is -6.01. The molecule has 244 valence electrons. The molecule has 0 fully saturated rings. The first kappa shape index (κ1) is 29.9. The molecular weight excluding hydrogens is 641 g/mol. The number of thiophene rings is 1. The lowest BCUT2D eigenvalue weighted by molar-refractivity contribution is 0.152. The highest BCUT2D eigenvalue weighted by Crippen LogP contribution is 2.42. The molecule has 2 unspecified atom stereocenters. The van der Waals surface area contributed by atoms with Crippen LogP contribution in [-0.4, -0.2) is 22.4 Å². The van der Waals surface area contributed by atoms with Crippen LogP contribution in [0, 0.1) is 0 Å². The van der Waals surface area contributed by atoms with Crippen molar-refractivity contribution < 1.29 is 0 Å². The Morgan fingerprint density at radius 2 is 1.24 bits per heavy atom. The monoisotopic (exact) mass is 674 g/mol. The number of benzene rings is 7. The van der Waals surface area contributed by atoms with Gasteiger partial charge in [0.15, 0.2) is 0 Å². The normalized spacial score (nSPS) is 16.5. The van der Waals surface area contributed by atoms with Crippen molar-refractivity contribution in [3.8, 4) is 16.8 Å². The third-order valence-corrected chi connectivity index (χ3v) is 11.5. The Morgan fingerprint density at radius 3 is 2.10 bits per heavy atom. The molecule has 1 aliphatic rings. The van der Waals surface area contributed by atoms with Crippen molar-refractivity contribution in [3.05, 3.63) is 187 Å². The van der Waals surface area contributed by atoms with Crippen molar-refractivity contribution >= 4 is 59.2 Å². The summed E-state index contributed by atoms with van der Waals surface area (Å²) in [4.78, 5) is 7.66. The van der Waals surface area contributed by atoms with E-state index in [9.17, 15) is 0 Å². The largest absolute Gasteiger partial charge is 0.350 e. The molecule has 5 heteroatoms. The van der Waals surface area contributed by atoms with Crippen molar-refractivity contribution in [2.75, 3.05) is 7.05 Å². The molecule has 1 aliphatic heterocycles. The molecule has 2 aromatic heterocycles. The van der Waals surface area contributed by atoms with E-state index in [0.29, 0.717) is 0 Å². The summed E-state index contributed by atoms with van der Waals surface area (Å²) >= 11 is 1.88. The average Bonchev–Trinajstić information content (AvgIpc) is 3.74. The fraction of sp³-hybridized carbons (Fsp3) is 0.0652. The second kappa shape index (κ2) is 12.1. The van der Waals surface area contributed by atoms with Gasteiger partial charge in [0.1, 0.15) is 18.2 Å². The van der Waals surface area contributed by atoms with Gasteiger partial charge in [-0.1, -0.05) is 133 Å². The van der Waals surface area contributed by atoms with Crippen LogP contribution in [0.4, 0.5) is 0 Å². The van der Waals surface area contributed by atoms with E-state index in [4.69, 9.17) is 4.99 Å². The molecule has 0 amide bonds. The van der Waals surface area contributed by atoms with Crippen LogP contribution >= 0.6 is 11.3 Å². The smallest absolute Gasteiger partial charge is 0.132 e. The van der Waals surface area contributed by atoms with Gasteiger partial charge >= 0.3 is 0 Å². The van der Waals surface area contributed by atoms with E-state index in [2.05, 4.69) is 186 Å². The predicted octanol–water partition coefficient (Wildman–Crippen LogP) is 11.5. The Bertz CT molecular complexity index is 2760. The van der Waals surface area contributed by atoms with Gasteiger partial charge in [-0.2, -0.15) is 0 Å². The summed E-state index contributed by atoms with van der Waals surface area (Å²) in [6.07, 6.45) is -0.224. The fourth-order valence-electron chi connectivity index (χ4n) is 7.86. The van der Waals surface area contributed by atoms with Gasteiger partial charge in [-0.15, -0.1) is 11.3 Å². The first-order valence-electron chi connectivity index (χ1n) is 17.4. The highest BCUT2D eigenvalue weighted by molar-refractivity contribution is 7.26. The van der Waals surface area contributed by atoms with Crippen molar-refractivity contribution in [3.63, 3.8) is 0 Å². The molecule has 0 bridgehead atoms. The van der Waals surface area contributed by atoms with Crippen LogP contribution in [0.2, 0.25) is 0 Å². The van der Waals surface area contributed by atoms with Crippen LogP contribution < -0.4 is 5.32 Å². The Kier molecular flexibility index (Phi) is 7.08. The molecule has 0 radical (unpaired) electrons. The number of hydrogen-bond acceptors (Lipinski definition) is 4. The second-order valence-electron chi connectivity index (χ2n) is 13.3. The lowest BCUT2D eigenvalue weighted by Gasteiger charge is -2.39. The van der Waals surface area contributed by atoms with Crippen LogP contribution in [-0.2, 0) is 0 Å². The molecule has 1 N–H and O–H groups in total. The molecule has 7 aromatic carbocycles. The van der Waals surface area contributed by atoms with E-state index in [0.717, 1.165) is 22.6 Å². The highest BCUT2D eigenvalue weighted by Gasteiger charge is 2.31. The maximum atomic E-state index is 5.34. The quantitative estimate of drug-likeness (QED) is 0.197. The Balaban J connectivity index is 1.11. The molecule has 4 nitrogen and oxygen atoms in total. The molecule has 3 heterocycles. The fourth-order valence-corrected chi connectivity index (χ4v) is 9.10. The number of aliphatic imine (C=N–C) groups is 1. The van der Waals surface area contributed by atoms with E-state index < -0.39 is 0 Å². The van der Waals surface area contributed by atoms with Crippen molar-refractivity contribution in [1.29, 1.82) is 0 Å². The van der Waals surface area contributed by atoms with Gasteiger partial charge in [-0.3, -0.25) is 4.90 Å². The summed E-state index contributed by atoms with van der Waals surface area (Å²) in [6.45, 7) is 0. The number of rotatable bonds is 5. The lowest BCUT2D eigenvalue weighted by atomic mass is 10.0. The topological polar surface area (TPSA) is 32.6 Å². The number of hydrogen-bond donors (Lipinski definition) is 1. The summed E-state index contributed by atoms with van der Waals surface area (Å²) < 4.78 is 5.08. The Labute approximate surface area is 300 Å². The first-order chi connectivity index (χ1) is 25.2. The predicted molar refractivity (Wildman–Crippen MR) is 215 cm³/mol. The van der Waals surface area contributed by atoms with Gasteiger partial charge < -0.3 is 9.88 Å². The third-order valence-electron chi connectivity index (χ3n) is 10.3. The summed E-state index contributed by atoms with van der Waals surface area (Å²) in [5.74, 6) is 0.899. The molecule has 0 spiro atoms. The molecule has 0 aliphatic carbocycles. The van der Waals surface area contributed by atoms with Gasteiger partial charge in [0.2, 0.25) is 0 Å². The first-order valence-corrected chi connectivity index (χ1v) is 18.2. The van der Waals surface area contributed by atoms with E-state index in [1.165, 1.54) is 58.7 Å². The van der Waals surface area contributed by atoms with Crippen molar-refractivity contribution in [2.45, 2.75) is 12.3 Å². The SMILES string of the molecule is CN1C(c2cccc(-n3c4ccccc4c4cc(-c5cccc6c5sc5ccccc56)ccc43)c2)N=C(c2ccccc2)NC1c1ccccc1. The standard InChI is InChI=1S/C46H34N4S/c1-49-45(31-16-6-3-7-17-31)47-44(30-14-4-2-5-15-30)48-46(49)33-18-12-19-34(28-33)50-40-24-10-8-20-36(40)39-29-32(26-27-41(39)50)35-22-13-23-38-37-21-9-11-25-42(37)51-43(35)38/h2-29,45-46H,1H3,(H,47,48). The zero-order chi connectivity index (χ0) is 33.9. The van der Waals surface area contributed by atoms with E-state index in [1.807, 2.05) is 17.4 Å². The Morgan fingerprint density at radius 1 is 0.549 bits per heavy atom. The van der Waals surface area contributed by atoms with Crippen molar-refractivity contribution in [2.24, 2.45) is 4.99 Å². The van der Waals surface area contributed by atoms with Gasteiger partial charge in [0.25, 0.3) is 0 Å². The summed E-state index contributed by atoms with van der Waals surface area (Å²) in [5.41, 5.74) is 9.45. The number of nitrogens with zero attached hydrogens (tertiary/aromatic N) is 3. The number of aromatic nitrogens is 1. The molecule has 9 aromatic rings. The number of amidine groups is 1. The number of para-hydroxylation sites is 1. The average molecular weight is 675 g/mol. The van der Waals surface area contributed by atoms with E-state index >= 15 is 0 Å². The zero-order valence-corrected chi connectivity index (χ0v) is 28.9. The molecular formula is C46H34N4S. The van der Waals surface area contributed by atoms with Crippen LogP contribution in [0.5, 0.6) is 0 Å². The van der Waals surface area contributed by atoms with Crippen LogP contribution in [0.15, 0.2) is 175 Å². The number of fused-ring (bicyclic) bond motifs is 6. The summed E-state index contributed by atoms with van der Waals surface area (Å²) in [5, 5.41) is 8.88. The van der Waals surface area contributed by atoms with Crippen LogP contribution in [0.3, 0.4) is 0 Å². The molecule has 10 rings (SSSR count). The molecule has 2 atom stereocenters. The van der Waals surface area contributed by atoms with Gasteiger partial charge in [0, 0.05) is 42.2 Å². The van der Waals surface area contributed by atoms with Gasteiger partial charge in [-0.05, 0) is 65.7 Å². The zero-order valence-electron chi connectivity index (χ0n) is 28.1. The number of nitrogens with one attached hydrogen (secondary N) is 1. The summed E-state index contributed by atoms with van der Waals surface area (Å²) in [6, 6.07) is 61.2. The van der Waals surface area contributed by atoms with Gasteiger partial charge in [-0.25, -0.2) is 4.99 Å². The maximum Gasteiger partial charge on any atom is 0.132 e. The second-order valence-corrected chi connectivity index (χ2v) is 14.4. The molecule has 0 saturated heterocycles. The van der Waals surface area contributed by atoms with Gasteiger partial charge in [0.05, 0.1) is 11.0 Å². The summed E-state index contributed by atoms with van der Waals surface area (Å²) in [7, 11) is 2.16. The molecule has 51 heavy (non-hydrogen) atoms. The minimum Gasteiger partial charge on any atom is -0.350 e. The highest BCUT2D eigenvalue weighted by atomic mass is 32.1. The third kappa shape index (κ3) is 4.96. The lowest BCUT2D eigenvalue weighted by Crippen LogP contribution is -2.45. The maximum absolute atomic E-state index is 5.34. The van der Waals surface area contributed by atoms with E-state index in [1.54, 1.807) is 0 Å². The molecule has 0 saturated carbocycles. The van der Waals surface area contributed by atoms with Crippen LogP contribution in [0.25, 0.3) is 58.8 Å². The minimum atomic E-state index is -0.187. The van der Waals surface area contributed by atoms with E-state index in [-0.39, 0.29) is 12.3 Å².